The maximum absolute atomic E-state index is 13.0. The van der Waals surface area contributed by atoms with Crippen molar-refractivity contribution in [3.05, 3.63) is 58.4 Å². The molecule has 3 rings (SSSR count). The van der Waals surface area contributed by atoms with E-state index in [0.717, 1.165) is 36.1 Å². The standard InChI is InChI=1S/C18H17BF3NO2/c1-11-10-23-16(9-14(11)18(20,21)22)17(24)8-12-4-5-13-3-2-6-19(25)15(13)7-12/h4-5,7,9-10,25H,2-3,6,8H2,1H3. The minimum Gasteiger partial charge on any atom is -0.446 e. The van der Waals surface area contributed by atoms with Crippen LogP contribution in [0.15, 0.2) is 30.5 Å². The second-order valence-corrected chi connectivity index (χ2v) is 6.42. The summed E-state index contributed by atoms with van der Waals surface area (Å²) in [7, 11) is 0. The lowest BCUT2D eigenvalue weighted by Crippen LogP contribution is -2.36. The smallest absolute Gasteiger partial charge is 0.416 e. The monoisotopic (exact) mass is 347 g/mol. The molecule has 2 aromatic rings. The van der Waals surface area contributed by atoms with E-state index in [-0.39, 0.29) is 17.7 Å². The van der Waals surface area contributed by atoms with Crippen molar-refractivity contribution >= 4 is 18.2 Å². The Balaban J connectivity index is 1.85. The van der Waals surface area contributed by atoms with Crippen molar-refractivity contribution in [3.8, 4) is 0 Å². The van der Waals surface area contributed by atoms with Gasteiger partial charge in [0.15, 0.2) is 5.78 Å². The van der Waals surface area contributed by atoms with E-state index in [4.69, 9.17) is 0 Å². The fourth-order valence-corrected chi connectivity index (χ4v) is 3.19. The minimum atomic E-state index is -4.52. The number of aryl methyl sites for hydroxylation is 2. The third-order valence-corrected chi connectivity index (χ3v) is 4.55. The zero-order valence-electron chi connectivity index (χ0n) is 13.7. The molecule has 0 aliphatic carbocycles. The maximum atomic E-state index is 13.0. The van der Waals surface area contributed by atoms with E-state index < -0.39 is 24.4 Å². The molecule has 0 fully saturated rings. The Kier molecular flexibility index (Phi) is 4.69. The highest BCUT2D eigenvalue weighted by Gasteiger charge is 2.33. The first-order valence-electron chi connectivity index (χ1n) is 8.12. The number of aromatic nitrogens is 1. The molecule has 2 heterocycles. The van der Waals surface area contributed by atoms with Crippen molar-refractivity contribution in [2.45, 2.75) is 38.7 Å². The van der Waals surface area contributed by atoms with E-state index in [1.165, 1.54) is 6.92 Å². The molecular formula is C18H17BF3NO2. The van der Waals surface area contributed by atoms with E-state index in [9.17, 15) is 23.0 Å². The molecule has 0 atom stereocenters. The van der Waals surface area contributed by atoms with Gasteiger partial charge in [-0.25, -0.2) is 0 Å². The van der Waals surface area contributed by atoms with Gasteiger partial charge in [0.2, 0.25) is 0 Å². The number of ketones is 1. The van der Waals surface area contributed by atoms with Crippen molar-refractivity contribution in [3.63, 3.8) is 0 Å². The van der Waals surface area contributed by atoms with Crippen LogP contribution in [0.25, 0.3) is 0 Å². The zero-order valence-corrected chi connectivity index (χ0v) is 13.7. The third kappa shape index (κ3) is 3.76. The van der Waals surface area contributed by atoms with Gasteiger partial charge < -0.3 is 5.02 Å². The maximum Gasteiger partial charge on any atom is 0.416 e. The summed E-state index contributed by atoms with van der Waals surface area (Å²) < 4.78 is 39.0. The number of hydrogen-bond donors (Lipinski definition) is 1. The molecule has 0 saturated carbocycles. The van der Waals surface area contributed by atoms with Gasteiger partial charge in [0.05, 0.1) is 5.56 Å². The predicted molar refractivity (Wildman–Crippen MR) is 89.2 cm³/mol. The number of hydrogen-bond acceptors (Lipinski definition) is 3. The Hall–Kier alpha value is -2.15. The largest absolute Gasteiger partial charge is 0.446 e. The Labute approximate surface area is 144 Å². The van der Waals surface area contributed by atoms with Gasteiger partial charge in [-0.15, -0.1) is 0 Å². The van der Waals surface area contributed by atoms with Crippen LogP contribution in [-0.2, 0) is 19.0 Å². The lowest BCUT2D eigenvalue weighted by Gasteiger charge is -2.19. The molecule has 0 unspecified atom stereocenters. The summed E-state index contributed by atoms with van der Waals surface area (Å²) in [6, 6.07) is 6.25. The molecule has 0 amide bonds. The summed E-state index contributed by atoms with van der Waals surface area (Å²) in [6.07, 6.45) is -1.01. The van der Waals surface area contributed by atoms with Gasteiger partial charge in [-0.2, -0.15) is 13.2 Å². The van der Waals surface area contributed by atoms with Gasteiger partial charge in [0.25, 0.3) is 0 Å². The summed E-state index contributed by atoms with van der Waals surface area (Å²) in [5.41, 5.74) is 1.48. The van der Waals surface area contributed by atoms with Crippen molar-refractivity contribution in [1.82, 2.24) is 4.98 Å². The number of Topliss-reactive ketones (excluding diaryl/α,β-unsaturated/α-hetero) is 1. The molecule has 0 bridgehead atoms. The third-order valence-electron chi connectivity index (χ3n) is 4.55. The first kappa shape index (κ1) is 17.7. The summed E-state index contributed by atoms with van der Waals surface area (Å²) >= 11 is 0. The molecule has 3 nitrogen and oxygen atoms in total. The highest BCUT2D eigenvalue weighted by atomic mass is 19.4. The number of halogens is 3. The summed E-state index contributed by atoms with van der Waals surface area (Å²) in [5.74, 6) is -0.476. The Morgan fingerprint density at radius 2 is 2.08 bits per heavy atom. The minimum absolute atomic E-state index is 0.0130. The Bertz CT molecular complexity index is 820. The van der Waals surface area contributed by atoms with E-state index in [0.29, 0.717) is 11.9 Å². The molecule has 1 aromatic heterocycles. The van der Waals surface area contributed by atoms with Crippen LogP contribution in [0.1, 0.15) is 39.2 Å². The van der Waals surface area contributed by atoms with Crippen molar-refractivity contribution < 1.29 is 23.0 Å². The van der Waals surface area contributed by atoms with Crippen molar-refractivity contribution in [2.75, 3.05) is 0 Å². The molecular weight excluding hydrogens is 330 g/mol. The fourth-order valence-electron chi connectivity index (χ4n) is 3.19. The number of nitrogens with zero attached hydrogens (tertiary/aromatic N) is 1. The number of fused-ring (bicyclic) bond motifs is 1. The van der Waals surface area contributed by atoms with Crippen LogP contribution in [-0.4, -0.2) is 22.7 Å². The molecule has 1 N–H and O–H groups in total. The van der Waals surface area contributed by atoms with Crippen LogP contribution >= 0.6 is 0 Å². The highest BCUT2D eigenvalue weighted by Crippen LogP contribution is 2.31. The molecule has 0 spiro atoms. The molecule has 7 heteroatoms. The van der Waals surface area contributed by atoms with Crippen molar-refractivity contribution in [2.24, 2.45) is 0 Å². The second-order valence-electron chi connectivity index (χ2n) is 6.42. The molecule has 130 valence electrons. The normalized spacial score (nSPS) is 14.4. The molecule has 25 heavy (non-hydrogen) atoms. The quantitative estimate of drug-likeness (QED) is 0.686. The van der Waals surface area contributed by atoms with Crippen LogP contribution in [0, 0.1) is 6.92 Å². The van der Waals surface area contributed by atoms with Crippen molar-refractivity contribution in [1.29, 1.82) is 0 Å². The first-order valence-corrected chi connectivity index (χ1v) is 8.12. The number of carbonyl (C=O) groups is 1. The molecule has 1 aliphatic rings. The number of carbonyl (C=O) groups excluding carboxylic acids is 1. The number of benzene rings is 1. The predicted octanol–water partition coefficient (Wildman–Crippen LogP) is 2.97. The van der Waals surface area contributed by atoms with Crippen LogP contribution in [0.4, 0.5) is 13.2 Å². The fraction of sp³-hybridized carbons (Fsp3) is 0.333. The zero-order chi connectivity index (χ0) is 18.2. The van der Waals surface area contributed by atoms with Crippen LogP contribution in [0.3, 0.4) is 0 Å². The van der Waals surface area contributed by atoms with Gasteiger partial charge in [0, 0.05) is 12.6 Å². The van der Waals surface area contributed by atoms with Gasteiger partial charge in [-0.1, -0.05) is 30.2 Å². The van der Waals surface area contributed by atoms with Gasteiger partial charge in [0.1, 0.15) is 5.69 Å². The molecule has 0 radical (unpaired) electrons. The van der Waals surface area contributed by atoms with E-state index in [1.54, 1.807) is 12.1 Å². The molecule has 1 aliphatic heterocycles. The summed E-state index contributed by atoms with van der Waals surface area (Å²) in [4.78, 5) is 16.2. The van der Waals surface area contributed by atoms with Crippen LogP contribution < -0.4 is 5.46 Å². The number of pyridine rings is 1. The van der Waals surface area contributed by atoms with Gasteiger partial charge in [-0.3, -0.25) is 9.78 Å². The second kappa shape index (κ2) is 6.63. The first-order chi connectivity index (χ1) is 11.8. The highest BCUT2D eigenvalue weighted by molar-refractivity contribution is 6.67. The van der Waals surface area contributed by atoms with Crippen LogP contribution in [0.2, 0.25) is 6.32 Å². The molecule has 0 saturated heterocycles. The molecule has 1 aromatic carbocycles. The van der Waals surface area contributed by atoms with Crippen LogP contribution in [0.5, 0.6) is 0 Å². The lowest BCUT2D eigenvalue weighted by molar-refractivity contribution is -0.138. The number of rotatable bonds is 3. The average molecular weight is 347 g/mol. The topological polar surface area (TPSA) is 50.2 Å². The Morgan fingerprint density at radius 3 is 2.80 bits per heavy atom. The van der Waals surface area contributed by atoms with Gasteiger partial charge in [-0.05, 0) is 42.3 Å². The summed E-state index contributed by atoms with van der Waals surface area (Å²) in [5, 5.41) is 10.1. The Morgan fingerprint density at radius 1 is 1.32 bits per heavy atom. The van der Waals surface area contributed by atoms with E-state index in [2.05, 4.69) is 4.98 Å². The lowest BCUT2D eigenvalue weighted by atomic mass is 9.53. The number of alkyl halides is 3. The summed E-state index contributed by atoms with van der Waals surface area (Å²) in [6.45, 7) is 0.766. The van der Waals surface area contributed by atoms with Gasteiger partial charge >= 0.3 is 13.1 Å². The SMILES string of the molecule is Cc1cnc(C(=O)Cc2ccc3c(c2)B(O)CCC3)cc1C(F)(F)F. The average Bonchev–Trinajstić information content (AvgIpc) is 2.55. The van der Waals surface area contributed by atoms with E-state index in [1.807, 2.05) is 6.07 Å². The van der Waals surface area contributed by atoms with E-state index >= 15 is 0 Å².